The maximum atomic E-state index is 11.8. The van der Waals surface area contributed by atoms with E-state index in [2.05, 4.69) is 30.7 Å². The molecule has 3 N–H and O–H groups in total. The van der Waals surface area contributed by atoms with E-state index >= 15 is 0 Å². The van der Waals surface area contributed by atoms with Crippen molar-refractivity contribution in [3.63, 3.8) is 0 Å². The summed E-state index contributed by atoms with van der Waals surface area (Å²) in [4.78, 5) is 24.2. The monoisotopic (exact) mass is 301 g/mol. The molecular formula is C10H7N9O3. The zero-order valence-corrected chi connectivity index (χ0v) is 10.7. The van der Waals surface area contributed by atoms with Crippen LogP contribution in [0.25, 0.3) is 5.78 Å². The minimum atomic E-state index is -0.606. The van der Waals surface area contributed by atoms with Crippen molar-refractivity contribution in [3.8, 4) is 0 Å². The van der Waals surface area contributed by atoms with Crippen LogP contribution >= 0.6 is 0 Å². The lowest BCUT2D eigenvalue weighted by molar-refractivity contribution is -0.384. The number of nitrogens with one attached hydrogen (secondary N) is 1. The third-order valence-electron chi connectivity index (χ3n) is 2.71. The molecule has 0 unspecified atom stereocenters. The summed E-state index contributed by atoms with van der Waals surface area (Å²) in [5.74, 6) is 0.00574. The number of fused-ring (bicyclic) bond motifs is 1. The number of aromatic nitrogens is 5. The second-order valence-electron chi connectivity index (χ2n) is 4.08. The molecule has 2 heterocycles. The van der Waals surface area contributed by atoms with Gasteiger partial charge in [0.15, 0.2) is 11.5 Å². The van der Waals surface area contributed by atoms with E-state index in [0.29, 0.717) is 5.69 Å². The van der Waals surface area contributed by atoms with Crippen LogP contribution < -0.4 is 11.3 Å². The molecule has 2 aromatic heterocycles. The molecule has 0 atom stereocenters. The number of rotatable bonds is 3. The van der Waals surface area contributed by atoms with Crippen molar-refractivity contribution in [3.05, 3.63) is 44.7 Å². The first kappa shape index (κ1) is 13.3. The highest BCUT2D eigenvalue weighted by molar-refractivity contribution is 5.59. The van der Waals surface area contributed by atoms with Crippen LogP contribution in [-0.4, -0.2) is 29.9 Å². The van der Waals surface area contributed by atoms with Gasteiger partial charge in [0.05, 0.1) is 10.6 Å². The SMILES string of the molecule is Nc1c(N=Nc2ccc([N+](=O)[O-])cc2)c(=O)[nH]c2nnnn12. The molecule has 110 valence electrons. The Balaban J connectivity index is 1.98. The molecule has 0 radical (unpaired) electrons. The van der Waals surface area contributed by atoms with Gasteiger partial charge in [0.1, 0.15) is 0 Å². The van der Waals surface area contributed by atoms with E-state index in [1.165, 1.54) is 24.3 Å². The molecule has 0 aliphatic rings. The Labute approximate surface area is 120 Å². The molecular weight excluding hydrogens is 294 g/mol. The van der Waals surface area contributed by atoms with E-state index in [9.17, 15) is 14.9 Å². The van der Waals surface area contributed by atoms with Gasteiger partial charge in [0.25, 0.3) is 17.0 Å². The van der Waals surface area contributed by atoms with Gasteiger partial charge in [-0.05, 0) is 22.6 Å². The summed E-state index contributed by atoms with van der Waals surface area (Å²) < 4.78 is 1.10. The maximum absolute atomic E-state index is 11.8. The highest BCUT2D eigenvalue weighted by Gasteiger charge is 2.11. The number of azo groups is 1. The number of hydrogen-bond donors (Lipinski definition) is 2. The lowest BCUT2D eigenvalue weighted by atomic mass is 10.3. The first-order chi connectivity index (χ1) is 10.6. The molecule has 0 fully saturated rings. The predicted octanol–water partition coefficient (Wildman–Crippen LogP) is 0.718. The van der Waals surface area contributed by atoms with Gasteiger partial charge >= 0.3 is 0 Å². The number of non-ortho nitro benzene ring substituents is 1. The second kappa shape index (κ2) is 5.01. The number of tetrazole rings is 1. The third kappa shape index (κ3) is 2.24. The Morgan fingerprint density at radius 2 is 2.00 bits per heavy atom. The van der Waals surface area contributed by atoms with Crippen LogP contribution in [0.15, 0.2) is 39.3 Å². The average molecular weight is 301 g/mol. The maximum Gasteiger partial charge on any atom is 0.282 e. The number of anilines is 1. The lowest BCUT2D eigenvalue weighted by Gasteiger charge is -1.99. The molecule has 0 aliphatic heterocycles. The highest BCUT2D eigenvalue weighted by atomic mass is 16.6. The molecule has 0 saturated carbocycles. The van der Waals surface area contributed by atoms with E-state index in [4.69, 9.17) is 5.73 Å². The fourth-order valence-corrected chi connectivity index (χ4v) is 1.65. The second-order valence-corrected chi connectivity index (χ2v) is 4.08. The van der Waals surface area contributed by atoms with Crippen molar-refractivity contribution in [1.82, 2.24) is 25.0 Å². The number of nitro groups is 1. The molecule has 0 aliphatic carbocycles. The Morgan fingerprint density at radius 3 is 2.68 bits per heavy atom. The van der Waals surface area contributed by atoms with Crippen molar-refractivity contribution in [1.29, 1.82) is 0 Å². The zero-order chi connectivity index (χ0) is 15.7. The number of nitrogens with zero attached hydrogens (tertiary/aromatic N) is 7. The van der Waals surface area contributed by atoms with E-state index in [-0.39, 0.29) is 23.0 Å². The van der Waals surface area contributed by atoms with Crippen LogP contribution in [0, 0.1) is 10.1 Å². The smallest absolute Gasteiger partial charge is 0.282 e. The highest BCUT2D eigenvalue weighted by Crippen LogP contribution is 2.22. The van der Waals surface area contributed by atoms with Gasteiger partial charge in [-0.1, -0.05) is 5.10 Å². The normalized spacial score (nSPS) is 11.3. The number of H-pyrrole nitrogens is 1. The van der Waals surface area contributed by atoms with Crippen molar-refractivity contribution in [2.24, 2.45) is 10.2 Å². The Morgan fingerprint density at radius 1 is 1.27 bits per heavy atom. The fourth-order valence-electron chi connectivity index (χ4n) is 1.65. The molecule has 3 rings (SSSR count). The molecule has 0 bridgehead atoms. The predicted molar refractivity (Wildman–Crippen MR) is 73.1 cm³/mol. The van der Waals surface area contributed by atoms with Crippen molar-refractivity contribution in [2.45, 2.75) is 0 Å². The van der Waals surface area contributed by atoms with Gasteiger partial charge in [-0.3, -0.25) is 19.9 Å². The van der Waals surface area contributed by atoms with E-state index in [1.54, 1.807) is 0 Å². The van der Waals surface area contributed by atoms with Crippen LogP contribution in [-0.2, 0) is 0 Å². The van der Waals surface area contributed by atoms with Crippen LogP contribution in [0.1, 0.15) is 0 Å². The van der Waals surface area contributed by atoms with Crippen LogP contribution in [0.2, 0.25) is 0 Å². The van der Waals surface area contributed by atoms with Crippen LogP contribution in [0.4, 0.5) is 22.9 Å². The first-order valence-electron chi connectivity index (χ1n) is 5.82. The largest absolute Gasteiger partial charge is 0.381 e. The summed E-state index contributed by atoms with van der Waals surface area (Å²) in [6, 6.07) is 5.32. The topological polar surface area (TPSA) is 170 Å². The van der Waals surface area contributed by atoms with E-state index in [1.807, 2.05) is 0 Å². The first-order valence-corrected chi connectivity index (χ1v) is 5.82. The van der Waals surface area contributed by atoms with Crippen molar-refractivity contribution < 1.29 is 4.92 Å². The molecule has 0 spiro atoms. The molecule has 0 amide bonds. The van der Waals surface area contributed by atoms with Crippen molar-refractivity contribution >= 4 is 28.7 Å². The zero-order valence-electron chi connectivity index (χ0n) is 10.7. The summed E-state index contributed by atoms with van der Waals surface area (Å²) in [5.41, 5.74) is 5.22. The molecule has 1 aromatic carbocycles. The summed E-state index contributed by atoms with van der Waals surface area (Å²) in [7, 11) is 0. The summed E-state index contributed by atoms with van der Waals surface area (Å²) >= 11 is 0. The quantitative estimate of drug-likeness (QED) is 0.407. The number of nitrogen functional groups attached to an aromatic ring is 1. The molecule has 22 heavy (non-hydrogen) atoms. The summed E-state index contributed by atoms with van der Waals surface area (Å²) in [5, 5.41) is 28.6. The number of benzene rings is 1. The third-order valence-corrected chi connectivity index (χ3v) is 2.71. The van der Waals surface area contributed by atoms with E-state index < -0.39 is 10.5 Å². The number of nitrogens with two attached hydrogens (primary N) is 1. The van der Waals surface area contributed by atoms with Gasteiger partial charge in [-0.25, -0.2) is 0 Å². The van der Waals surface area contributed by atoms with E-state index in [0.717, 1.165) is 4.52 Å². The van der Waals surface area contributed by atoms with Gasteiger partial charge in [0.2, 0.25) is 0 Å². The summed E-state index contributed by atoms with van der Waals surface area (Å²) in [6.07, 6.45) is 0. The lowest BCUT2D eigenvalue weighted by Crippen LogP contribution is -2.13. The number of hydrogen-bond acceptors (Lipinski definition) is 9. The van der Waals surface area contributed by atoms with Crippen LogP contribution in [0.5, 0.6) is 0 Å². The average Bonchev–Trinajstić information content (AvgIpc) is 2.96. The molecule has 12 heteroatoms. The Kier molecular flexibility index (Phi) is 3.02. The van der Waals surface area contributed by atoms with Gasteiger partial charge in [0, 0.05) is 12.1 Å². The number of nitro benzene ring substituents is 1. The Bertz CT molecular complexity index is 940. The minimum absolute atomic E-state index is 0.0746. The molecule has 12 nitrogen and oxygen atoms in total. The van der Waals surface area contributed by atoms with Crippen LogP contribution in [0.3, 0.4) is 0 Å². The molecule has 3 aromatic rings. The minimum Gasteiger partial charge on any atom is -0.381 e. The van der Waals surface area contributed by atoms with Crippen molar-refractivity contribution in [2.75, 3.05) is 5.73 Å². The van der Waals surface area contributed by atoms with Gasteiger partial charge in [-0.15, -0.1) is 5.11 Å². The van der Waals surface area contributed by atoms with Gasteiger partial charge in [-0.2, -0.15) is 9.63 Å². The van der Waals surface area contributed by atoms with Gasteiger partial charge < -0.3 is 5.73 Å². The summed E-state index contributed by atoms with van der Waals surface area (Å²) in [6.45, 7) is 0. The Hall–Kier alpha value is -3.70. The molecule has 0 saturated heterocycles. The standard InChI is InChI=1S/C10H7N9O3/c11-8-7(9(20)12-10-15-16-17-18(8)10)14-13-5-1-3-6(4-2-5)19(21)22/h1-4H,11H2,(H,12,15,17,20). The fraction of sp³-hybridized carbons (Fsp3) is 0. The number of aromatic amines is 1.